The van der Waals surface area contributed by atoms with Crippen molar-refractivity contribution in [3.63, 3.8) is 0 Å². The first-order valence-corrected chi connectivity index (χ1v) is 6.78. The van der Waals surface area contributed by atoms with Gasteiger partial charge >= 0.3 is 5.97 Å². The van der Waals surface area contributed by atoms with Gasteiger partial charge in [0.15, 0.2) is 0 Å². The molecule has 0 radical (unpaired) electrons. The van der Waals surface area contributed by atoms with Gasteiger partial charge in [-0.2, -0.15) is 0 Å². The van der Waals surface area contributed by atoms with Gasteiger partial charge in [0.25, 0.3) is 0 Å². The van der Waals surface area contributed by atoms with E-state index in [1.807, 2.05) is 0 Å². The summed E-state index contributed by atoms with van der Waals surface area (Å²) in [6.45, 7) is 0. The highest BCUT2D eigenvalue weighted by Gasteiger charge is 2.08. The zero-order chi connectivity index (χ0) is 13.8. The monoisotopic (exact) mass is 271 g/mol. The van der Waals surface area contributed by atoms with E-state index in [2.05, 4.69) is 4.72 Å². The van der Waals surface area contributed by atoms with Gasteiger partial charge in [-0.15, -0.1) is 0 Å². The molecule has 6 nitrogen and oxygen atoms in total. The summed E-state index contributed by atoms with van der Waals surface area (Å²) >= 11 is 0. The number of carbonyl (C=O) groups is 1. The molecule has 2 N–H and O–H groups in total. The minimum absolute atomic E-state index is 0.257. The van der Waals surface area contributed by atoms with Crippen LogP contribution in [0.2, 0.25) is 0 Å². The van der Waals surface area contributed by atoms with Gasteiger partial charge in [0.1, 0.15) is 5.75 Å². The lowest BCUT2D eigenvalue weighted by Crippen LogP contribution is -2.10. The zero-order valence-corrected chi connectivity index (χ0v) is 10.7. The lowest BCUT2D eigenvalue weighted by Gasteiger charge is -2.10. The Morgan fingerprint density at radius 1 is 1.44 bits per heavy atom. The maximum Gasteiger partial charge on any atom is 0.328 e. The Kier molecular flexibility index (Phi) is 4.33. The van der Waals surface area contributed by atoms with E-state index < -0.39 is 16.0 Å². The van der Waals surface area contributed by atoms with Crippen LogP contribution < -0.4 is 9.46 Å². The summed E-state index contributed by atoms with van der Waals surface area (Å²) in [5.74, 6) is -0.726. The van der Waals surface area contributed by atoms with Crippen LogP contribution >= 0.6 is 0 Å². The molecule has 18 heavy (non-hydrogen) atoms. The molecule has 0 bridgehead atoms. The quantitative estimate of drug-likeness (QED) is 0.784. The van der Waals surface area contributed by atoms with Crippen molar-refractivity contribution in [2.24, 2.45) is 0 Å². The van der Waals surface area contributed by atoms with Gasteiger partial charge in [0.2, 0.25) is 10.0 Å². The third-order valence-corrected chi connectivity index (χ3v) is 2.53. The molecule has 1 rings (SSSR count). The summed E-state index contributed by atoms with van der Waals surface area (Å²) in [4.78, 5) is 10.4. The molecule has 0 atom stereocenters. The number of rotatable bonds is 5. The van der Waals surface area contributed by atoms with E-state index in [0.29, 0.717) is 11.3 Å². The van der Waals surface area contributed by atoms with Crippen molar-refractivity contribution in [1.29, 1.82) is 0 Å². The summed E-state index contributed by atoms with van der Waals surface area (Å²) in [7, 11) is -2.02. The van der Waals surface area contributed by atoms with Gasteiger partial charge in [-0.3, -0.25) is 4.72 Å². The van der Waals surface area contributed by atoms with Gasteiger partial charge in [0.05, 0.1) is 19.1 Å². The van der Waals surface area contributed by atoms with Crippen molar-refractivity contribution < 1.29 is 23.1 Å². The summed E-state index contributed by atoms with van der Waals surface area (Å²) < 4.78 is 29.6. The van der Waals surface area contributed by atoms with Crippen molar-refractivity contribution in [2.75, 3.05) is 18.1 Å². The normalized spacial score (nSPS) is 11.4. The fourth-order valence-corrected chi connectivity index (χ4v) is 1.84. The van der Waals surface area contributed by atoms with E-state index in [4.69, 9.17) is 9.84 Å². The van der Waals surface area contributed by atoms with Crippen molar-refractivity contribution in [2.45, 2.75) is 0 Å². The number of carboxylic acids is 1. The molecule has 0 saturated heterocycles. The number of sulfonamides is 1. The van der Waals surface area contributed by atoms with Crippen molar-refractivity contribution in [3.05, 3.63) is 29.8 Å². The van der Waals surface area contributed by atoms with E-state index >= 15 is 0 Å². The first-order chi connectivity index (χ1) is 8.31. The first-order valence-electron chi connectivity index (χ1n) is 4.88. The zero-order valence-electron chi connectivity index (χ0n) is 9.88. The number of nitrogens with one attached hydrogen (secondary N) is 1. The molecule has 0 heterocycles. The number of methoxy groups -OCH3 is 1. The molecule has 0 aliphatic heterocycles. The molecule has 0 unspecified atom stereocenters. The Bertz CT molecular complexity index is 577. The van der Waals surface area contributed by atoms with Crippen LogP contribution in [-0.4, -0.2) is 32.9 Å². The third-order valence-electron chi connectivity index (χ3n) is 1.94. The van der Waals surface area contributed by atoms with Crippen LogP contribution in [-0.2, 0) is 14.8 Å². The van der Waals surface area contributed by atoms with Crippen molar-refractivity contribution in [1.82, 2.24) is 0 Å². The SMILES string of the molecule is COc1ccc(/C=C/C(=O)O)cc1NS(C)(=O)=O. The number of aliphatic carboxylic acids is 1. The molecule has 0 spiro atoms. The molecule has 7 heteroatoms. The van der Waals surface area contributed by atoms with E-state index in [-0.39, 0.29) is 5.69 Å². The lowest BCUT2D eigenvalue weighted by atomic mass is 10.2. The van der Waals surface area contributed by atoms with Gasteiger partial charge in [0, 0.05) is 6.08 Å². The molecular formula is C11H13NO5S. The molecule has 1 aromatic rings. The Hall–Kier alpha value is -2.02. The average Bonchev–Trinajstić information content (AvgIpc) is 2.24. The van der Waals surface area contributed by atoms with Crippen LogP contribution in [0.1, 0.15) is 5.56 Å². The second-order valence-electron chi connectivity index (χ2n) is 3.51. The Morgan fingerprint density at radius 3 is 2.61 bits per heavy atom. The minimum atomic E-state index is -3.43. The molecule has 0 aromatic heterocycles. The predicted octanol–water partition coefficient (Wildman–Crippen LogP) is 1.16. The average molecular weight is 271 g/mol. The van der Waals surface area contributed by atoms with Crippen LogP contribution in [0.15, 0.2) is 24.3 Å². The van der Waals surface area contributed by atoms with Gasteiger partial charge in [-0.25, -0.2) is 13.2 Å². The second kappa shape index (κ2) is 5.54. The highest BCUT2D eigenvalue weighted by atomic mass is 32.2. The van der Waals surface area contributed by atoms with E-state index in [9.17, 15) is 13.2 Å². The summed E-state index contributed by atoms with van der Waals surface area (Å²) in [5, 5.41) is 8.51. The molecule has 1 aromatic carbocycles. The number of benzene rings is 1. The largest absolute Gasteiger partial charge is 0.495 e. The fourth-order valence-electron chi connectivity index (χ4n) is 1.28. The maximum atomic E-state index is 11.2. The molecule has 0 amide bonds. The van der Waals surface area contributed by atoms with Gasteiger partial charge in [-0.1, -0.05) is 6.07 Å². The van der Waals surface area contributed by atoms with Crippen LogP contribution in [0, 0.1) is 0 Å². The number of ether oxygens (including phenoxy) is 1. The Labute approximate surface area is 105 Å². The second-order valence-corrected chi connectivity index (χ2v) is 5.25. The Morgan fingerprint density at radius 2 is 2.11 bits per heavy atom. The van der Waals surface area contributed by atoms with Gasteiger partial charge in [-0.05, 0) is 23.8 Å². The molecule has 0 aliphatic carbocycles. The summed E-state index contributed by atoms with van der Waals surface area (Å²) in [6, 6.07) is 4.65. The fraction of sp³-hybridized carbons (Fsp3) is 0.182. The minimum Gasteiger partial charge on any atom is -0.495 e. The molecular weight excluding hydrogens is 258 g/mol. The summed E-state index contributed by atoms with van der Waals surface area (Å²) in [6.07, 6.45) is 3.34. The standard InChI is InChI=1S/C11H13NO5S/c1-17-10-5-3-8(4-6-11(13)14)7-9(10)12-18(2,15)16/h3-7,12H,1-2H3,(H,13,14)/b6-4+. The summed E-state index contributed by atoms with van der Waals surface area (Å²) in [5.41, 5.74) is 0.803. The van der Waals surface area contributed by atoms with Crippen molar-refractivity contribution >= 4 is 27.8 Å². The predicted molar refractivity (Wildman–Crippen MR) is 68.1 cm³/mol. The Balaban J connectivity index is 3.13. The van der Waals surface area contributed by atoms with Crippen LogP contribution in [0.25, 0.3) is 6.08 Å². The molecule has 98 valence electrons. The first kappa shape index (κ1) is 14.0. The van der Waals surface area contributed by atoms with E-state index in [0.717, 1.165) is 12.3 Å². The van der Waals surface area contributed by atoms with Crippen LogP contribution in [0.4, 0.5) is 5.69 Å². The van der Waals surface area contributed by atoms with E-state index in [1.165, 1.54) is 19.3 Å². The molecule has 0 aliphatic rings. The third kappa shape index (κ3) is 4.46. The number of carboxylic acid groups (broad SMARTS) is 1. The number of hydrogen-bond donors (Lipinski definition) is 2. The van der Waals surface area contributed by atoms with Crippen LogP contribution in [0.3, 0.4) is 0 Å². The highest BCUT2D eigenvalue weighted by Crippen LogP contribution is 2.26. The van der Waals surface area contributed by atoms with E-state index in [1.54, 1.807) is 12.1 Å². The van der Waals surface area contributed by atoms with Gasteiger partial charge < -0.3 is 9.84 Å². The topological polar surface area (TPSA) is 92.7 Å². The highest BCUT2D eigenvalue weighted by molar-refractivity contribution is 7.92. The molecule has 0 saturated carbocycles. The maximum absolute atomic E-state index is 11.2. The van der Waals surface area contributed by atoms with Crippen molar-refractivity contribution in [3.8, 4) is 5.75 Å². The number of hydrogen-bond acceptors (Lipinski definition) is 4. The number of anilines is 1. The van der Waals surface area contributed by atoms with Crippen LogP contribution in [0.5, 0.6) is 5.75 Å². The lowest BCUT2D eigenvalue weighted by molar-refractivity contribution is -0.131. The molecule has 0 fully saturated rings. The smallest absolute Gasteiger partial charge is 0.328 e.